The Morgan fingerprint density at radius 2 is 2.14 bits per heavy atom. The number of aromatic nitrogens is 2. The highest BCUT2D eigenvalue weighted by atomic mass is 19.1. The molecule has 0 spiro atoms. The number of hydrogen-bond acceptors (Lipinski definition) is 2. The molecule has 0 fully saturated rings. The van der Waals surface area contributed by atoms with Crippen LogP contribution in [0.2, 0.25) is 0 Å². The number of nitriles is 1. The van der Waals surface area contributed by atoms with E-state index in [0.29, 0.717) is 11.3 Å². The summed E-state index contributed by atoms with van der Waals surface area (Å²) < 4.78 is 14.0. The molecule has 14 heavy (non-hydrogen) atoms. The third-order valence-electron chi connectivity index (χ3n) is 1.82. The van der Waals surface area contributed by atoms with E-state index in [-0.39, 0.29) is 0 Å². The molecule has 0 aliphatic rings. The molecule has 4 heteroatoms. The Kier molecular flexibility index (Phi) is 1.99. The van der Waals surface area contributed by atoms with Crippen LogP contribution >= 0.6 is 0 Å². The lowest BCUT2D eigenvalue weighted by Crippen LogP contribution is -1.96. The molecule has 0 bridgehead atoms. The van der Waals surface area contributed by atoms with E-state index in [0.717, 1.165) is 6.20 Å². The van der Waals surface area contributed by atoms with E-state index >= 15 is 0 Å². The van der Waals surface area contributed by atoms with Gasteiger partial charge in [0.05, 0.1) is 23.6 Å². The molecular formula is C10H6FN3. The van der Waals surface area contributed by atoms with E-state index in [1.807, 2.05) is 6.07 Å². The Balaban J connectivity index is 2.57. The summed E-state index contributed by atoms with van der Waals surface area (Å²) in [5.41, 5.74) is 1.05. The average Bonchev–Trinajstić information content (AvgIpc) is 2.65. The molecule has 1 aromatic heterocycles. The molecule has 0 aliphatic heterocycles. The lowest BCUT2D eigenvalue weighted by Gasteiger charge is -2.01. The van der Waals surface area contributed by atoms with Gasteiger partial charge in [-0.05, 0) is 12.1 Å². The van der Waals surface area contributed by atoms with Crippen LogP contribution in [0, 0.1) is 17.1 Å². The van der Waals surface area contributed by atoms with E-state index in [4.69, 9.17) is 5.26 Å². The maximum absolute atomic E-state index is 12.7. The van der Waals surface area contributed by atoms with Crippen LogP contribution in [0.15, 0.2) is 36.7 Å². The minimum absolute atomic E-state index is 0.419. The van der Waals surface area contributed by atoms with E-state index in [1.54, 1.807) is 24.3 Å². The SMILES string of the molecule is N#Cc1ccccc1-n1cc(F)cn1. The maximum Gasteiger partial charge on any atom is 0.161 e. The first kappa shape index (κ1) is 8.45. The maximum atomic E-state index is 12.7. The fourth-order valence-electron chi connectivity index (χ4n) is 1.20. The summed E-state index contributed by atoms with van der Waals surface area (Å²) in [4.78, 5) is 0. The topological polar surface area (TPSA) is 41.6 Å². The number of benzene rings is 1. The third-order valence-corrected chi connectivity index (χ3v) is 1.82. The molecule has 2 aromatic rings. The van der Waals surface area contributed by atoms with Crippen molar-refractivity contribution in [2.45, 2.75) is 0 Å². The molecule has 0 aliphatic carbocycles. The molecule has 1 aromatic carbocycles. The van der Waals surface area contributed by atoms with Crippen LogP contribution in [-0.2, 0) is 0 Å². The van der Waals surface area contributed by atoms with Gasteiger partial charge in [0, 0.05) is 0 Å². The largest absolute Gasteiger partial charge is 0.237 e. The standard InChI is InChI=1S/C10H6FN3/c11-9-6-13-14(7-9)10-4-2-1-3-8(10)5-12/h1-4,6-7H. The van der Waals surface area contributed by atoms with Crippen LogP contribution in [0.1, 0.15) is 5.56 Å². The van der Waals surface area contributed by atoms with Crippen LogP contribution < -0.4 is 0 Å². The van der Waals surface area contributed by atoms with Crippen molar-refractivity contribution in [1.29, 1.82) is 5.26 Å². The Morgan fingerprint density at radius 3 is 2.79 bits per heavy atom. The molecule has 0 atom stereocenters. The van der Waals surface area contributed by atoms with Gasteiger partial charge in [0.2, 0.25) is 0 Å². The van der Waals surface area contributed by atoms with E-state index in [2.05, 4.69) is 5.10 Å². The highest BCUT2D eigenvalue weighted by Gasteiger charge is 2.04. The smallest absolute Gasteiger partial charge is 0.161 e. The summed E-state index contributed by atoms with van der Waals surface area (Å²) in [6, 6.07) is 8.92. The van der Waals surface area contributed by atoms with E-state index in [9.17, 15) is 4.39 Å². The van der Waals surface area contributed by atoms with Gasteiger partial charge in [-0.3, -0.25) is 0 Å². The number of para-hydroxylation sites is 1. The molecule has 0 radical (unpaired) electrons. The van der Waals surface area contributed by atoms with Gasteiger partial charge < -0.3 is 0 Å². The van der Waals surface area contributed by atoms with Gasteiger partial charge in [-0.15, -0.1) is 0 Å². The lowest BCUT2D eigenvalue weighted by atomic mass is 10.2. The van der Waals surface area contributed by atoms with Crippen molar-refractivity contribution in [3.05, 3.63) is 48.0 Å². The molecule has 0 saturated carbocycles. The molecule has 0 amide bonds. The van der Waals surface area contributed by atoms with Crippen molar-refractivity contribution in [3.8, 4) is 11.8 Å². The Morgan fingerprint density at radius 1 is 1.36 bits per heavy atom. The quantitative estimate of drug-likeness (QED) is 0.684. The summed E-state index contributed by atoms with van der Waals surface area (Å²) in [5, 5.41) is 12.6. The summed E-state index contributed by atoms with van der Waals surface area (Å²) >= 11 is 0. The second-order valence-corrected chi connectivity index (χ2v) is 2.73. The van der Waals surface area contributed by atoms with Crippen molar-refractivity contribution in [2.75, 3.05) is 0 Å². The molecule has 0 unspecified atom stereocenters. The van der Waals surface area contributed by atoms with Crippen LogP contribution in [0.25, 0.3) is 5.69 Å². The molecule has 0 N–H and O–H groups in total. The fraction of sp³-hybridized carbons (Fsp3) is 0. The Labute approximate surface area is 80.0 Å². The van der Waals surface area contributed by atoms with Gasteiger partial charge in [-0.1, -0.05) is 12.1 Å². The van der Waals surface area contributed by atoms with Gasteiger partial charge in [0.25, 0.3) is 0 Å². The predicted octanol–water partition coefficient (Wildman–Crippen LogP) is 1.88. The first-order valence-electron chi connectivity index (χ1n) is 4.01. The number of hydrogen-bond donors (Lipinski definition) is 0. The zero-order chi connectivity index (χ0) is 9.97. The average molecular weight is 187 g/mol. The summed E-state index contributed by atoms with van der Waals surface area (Å²) in [7, 11) is 0. The fourth-order valence-corrected chi connectivity index (χ4v) is 1.20. The molecule has 0 saturated heterocycles. The van der Waals surface area contributed by atoms with Crippen LogP contribution in [0.4, 0.5) is 4.39 Å². The highest BCUT2D eigenvalue weighted by molar-refractivity contribution is 5.47. The molecule has 3 nitrogen and oxygen atoms in total. The normalized spacial score (nSPS) is 9.71. The first-order valence-corrected chi connectivity index (χ1v) is 4.01. The van der Waals surface area contributed by atoms with Crippen LogP contribution in [0.3, 0.4) is 0 Å². The third kappa shape index (κ3) is 1.36. The van der Waals surface area contributed by atoms with E-state index < -0.39 is 5.82 Å². The molecular weight excluding hydrogens is 181 g/mol. The second kappa shape index (κ2) is 3.30. The van der Waals surface area contributed by atoms with Crippen molar-refractivity contribution in [2.24, 2.45) is 0 Å². The van der Waals surface area contributed by atoms with Crippen LogP contribution in [-0.4, -0.2) is 9.78 Å². The zero-order valence-corrected chi connectivity index (χ0v) is 7.18. The Bertz CT molecular complexity index is 496. The van der Waals surface area contributed by atoms with Crippen molar-refractivity contribution >= 4 is 0 Å². The Hall–Kier alpha value is -2.15. The highest BCUT2D eigenvalue weighted by Crippen LogP contribution is 2.12. The predicted molar refractivity (Wildman–Crippen MR) is 48.2 cm³/mol. The molecule has 1 heterocycles. The summed E-state index contributed by atoms with van der Waals surface area (Å²) in [5.74, 6) is -0.419. The first-order chi connectivity index (χ1) is 6.81. The van der Waals surface area contributed by atoms with Gasteiger partial charge in [0.1, 0.15) is 6.07 Å². The van der Waals surface area contributed by atoms with Crippen molar-refractivity contribution in [3.63, 3.8) is 0 Å². The molecule has 2 rings (SSSR count). The number of halogens is 1. The monoisotopic (exact) mass is 187 g/mol. The van der Waals surface area contributed by atoms with Gasteiger partial charge >= 0.3 is 0 Å². The van der Waals surface area contributed by atoms with Gasteiger partial charge in [-0.25, -0.2) is 9.07 Å². The summed E-state index contributed by atoms with van der Waals surface area (Å²) in [6.45, 7) is 0. The summed E-state index contributed by atoms with van der Waals surface area (Å²) in [6.07, 6.45) is 2.34. The van der Waals surface area contributed by atoms with Crippen molar-refractivity contribution < 1.29 is 4.39 Å². The number of rotatable bonds is 1. The van der Waals surface area contributed by atoms with Gasteiger partial charge in [0.15, 0.2) is 5.82 Å². The van der Waals surface area contributed by atoms with Crippen LogP contribution in [0.5, 0.6) is 0 Å². The lowest BCUT2D eigenvalue weighted by molar-refractivity contribution is 0.627. The molecule has 68 valence electrons. The van der Waals surface area contributed by atoms with E-state index in [1.165, 1.54) is 10.9 Å². The minimum atomic E-state index is -0.419. The zero-order valence-electron chi connectivity index (χ0n) is 7.18. The second-order valence-electron chi connectivity index (χ2n) is 2.73. The van der Waals surface area contributed by atoms with Gasteiger partial charge in [-0.2, -0.15) is 10.4 Å². The van der Waals surface area contributed by atoms with Crippen molar-refractivity contribution in [1.82, 2.24) is 9.78 Å². The number of nitrogens with zero attached hydrogens (tertiary/aromatic N) is 3. The minimum Gasteiger partial charge on any atom is -0.237 e.